The minimum Gasteiger partial charge on any atom is -0.318 e. The zero-order valence-electron chi connectivity index (χ0n) is 10.5. The second-order valence-electron chi connectivity index (χ2n) is 3.79. The molecule has 2 rings (SSSR count). The predicted molar refractivity (Wildman–Crippen MR) is 72.8 cm³/mol. The Morgan fingerprint density at radius 1 is 1.40 bits per heavy atom. The Hall–Kier alpha value is -2.28. The number of halogens is 2. The first-order chi connectivity index (χ1) is 9.56. The molecule has 0 aliphatic carbocycles. The topological polar surface area (TPSA) is 72.2 Å². The summed E-state index contributed by atoms with van der Waals surface area (Å²) in [6.45, 7) is 2.02. The van der Waals surface area contributed by atoms with Crippen LogP contribution in [0, 0.1) is 15.9 Å². The van der Waals surface area contributed by atoms with Crippen LogP contribution in [0.25, 0.3) is 0 Å². The summed E-state index contributed by atoms with van der Waals surface area (Å²) in [5.41, 5.74) is -0.257. The van der Waals surface area contributed by atoms with Crippen LogP contribution in [0.4, 0.5) is 21.6 Å². The van der Waals surface area contributed by atoms with Gasteiger partial charge in [-0.2, -0.15) is 0 Å². The lowest BCUT2D eigenvalue weighted by Crippen LogP contribution is -2.20. The zero-order valence-corrected chi connectivity index (χ0v) is 11.2. The van der Waals surface area contributed by atoms with Gasteiger partial charge in [-0.25, -0.2) is 14.4 Å². The van der Waals surface area contributed by atoms with E-state index in [1.807, 2.05) is 0 Å². The van der Waals surface area contributed by atoms with Gasteiger partial charge < -0.3 is 4.90 Å². The van der Waals surface area contributed by atoms with Gasteiger partial charge >= 0.3 is 5.69 Å². The summed E-state index contributed by atoms with van der Waals surface area (Å²) in [5.74, 6) is -0.541. The average Bonchev–Trinajstić information content (AvgIpc) is 2.41. The van der Waals surface area contributed by atoms with E-state index in [2.05, 4.69) is 9.97 Å². The average molecular weight is 297 g/mol. The van der Waals surface area contributed by atoms with Gasteiger partial charge in [0.1, 0.15) is 12.1 Å². The number of hydrogen-bond donors (Lipinski definition) is 0. The van der Waals surface area contributed by atoms with Gasteiger partial charge in [-0.05, 0) is 19.1 Å². The minimum absolute atomic E-state index is 0.0393. The van der Waals surface area contributed by atoms with Crippen LogP contribution in [0.15, 0.2) is 30.6 Å². The summed E-state index contributed by atoms with van der Waals surface area (Å²) in [6.07, 6.45) is 1.11. The van der Waals surface area contributed by atoms with E-state index in [0.29, 0.717) is 0 Å². The van der Waals surface area contributed by atoms with E-state index in [4.69, 9.17) is 11.6 Å². The first-order valence-corrected chi connectivity index (χ1v) is 6.11. The lowest BCUT2D eigenvalue weighted by molar-refractivity contribution is -0.384. The highest BCUT2D eigenvalue weighted by molar-refractivity contribution is 6.31. The number of benzene rings is 1. The monoisotopic (exact) mass is 296 g/mol. The molecule has 0 amide bonds. The van der Waals surface area contributed by atoms with Crippen LogP contribution in [0.5, 0.6) is 0 Å². The van der Waals surface area contributed by atoms with Gasteiger partial charge in [-0.1, -0.05) is 23.7 Å². The molecule has 0 atom stereocenters. The summed E-state index contributed by atoms with van der Waals surface area (Å²) >= 11 is 5.74. The van der Waals surface area contributed by atoms with Crippen molar-refractivity contribution in [3.05, 3.63) is 51.7 Å². The Bertz CT molecular complexity index is 653. The van der Waals surface area contributed by atoms with E-state index in [0.717, 1.165) is 6.33 Å². The van der Waals surface area contributed by atoms with E-state index < -0.39 is 16.4 Å². The molecule has 2 aromatic rings. The number of aromatic nitrogens is 2. The van der Waals surface area contributed by atoms with Crippen LogP contribution in [0.1, 0.15) is 6.92 Å². The first-order valence-electron chi connectivity index (χ1n) is 5.73. The molecule has 6 nitrogen and oxygen atoms in total. The highest BCUT2D eigenvalue weighted by Crippen LogP contribution is 2.35. The van der Waals surface area contributed by atoms with Crippen LogP contribution >= 0.6 is 11.6 Å². The van der Waals surface area contributed by atoms with Crippen molar-refractivity contribution in [2.75, 3.05) is 11.4 Å². The standard InChI is InChI=1S/C12H10ClFN4O2/c1-2-17(9-6-4-3-5-8(9)14)12-10(18(19)20)11(13)15-7-16-12/h3-7H,2H2,1H3. The number of hydrogen-bond acceptors (Lipinski definition) is 5. The first kappa shape index (κ1) is 14.1. The smallest absolute Gasteiger partial charge is 0.318 e. The lowest BCUT2D eigenvalue weighted by Gasteiger charge is -2.22. The van der Waals surface area contributed by atoms with Crippen LogP contribution in [0.3, 0.4) is 0 Å². The summed E-state index contributed by atoms with van der Waals surface area (Å²) in [6, 6.07) is 5.95. The Balaban J connectivity index is 2.62. The molecule has 0 fully saturated rings. The van der Waals surface area contributed by atoms with Gasteiger partial charge in [0, 0.05) is 6.54 Å². The third kappa shape index (κ3) is 2.53. The Labute approximate surface area is 119 Å². The summed E-state index contributed by atoms with van der Waals surface area (Å²) < 4.78 is 13.9. The Kier molecular flexibility index (Phi) is 4.09. The molecule has 0 aliphatic rings. The van der Waals surface area contributed by atoms with Gasteiger partial charge in [0.2, 0.25) is 11.0 Å². The van der Waals surface area contributed by atoms with Crippen LogP contribution in [-0.2, 0) is 0 Å². The molecule has 0 radical (unpaired) electrons. The molecule has 104 valence electrons. The molecule has 0 unspecified atom stereocenters. The van der Waals surface area contributed by atoms with Crippen molar-refractivity contribution in [1.82, 2.24) is 9.97 Å². The van der Waals surface area contributed by atoms with Gasteiger partial charge in [0.15, 0.2) is 0 Å². The third-order valence-electron chi connectivity index (χ3n) is 2.66. The molecule has 0 saturated heterocycles. The molecular formula is C12H10ClFN4O2. The Morgan fingerprint density at radius 3 is 2.70 bits per heavy atom. The number of para-hydroxylation sites is 1. The second-order valence-corrected chi connectivity index (χ2v) is 4.15. The quantitative estimate of drug-likeness (QED) is 0.491. The van der Waals surface area contributed by atoms with Crippen molar-refractivity contribution in [3.8, 4) is 0 Å². The second kappa shape index (κ2) is 5.79. The fourth-order valence-electron chi connectivity index (χ4n) is 1.81. The molecule has 20 heavy (non-hydrogen) atoms. The highest BCUT2D eigenvalue weighted by atomic mass is 35.5. The molecule has 0 N–H and O–H groups in total. The van der Waals surface area contributed by atoms with E-state index >= 15 is 0 Å². The zero-order chi connectivity index (χ0) is 14.7. The predicted octanol–water partition coefficient (Wildman–Crippen LogP) is 3.34. The van der Waals surface area contributed by atoms with Crippen molar-refractivity contribution < 1.29 is 9.31 Å². The fraction of sp³-hybridized carbons (Fsp3) is 0.167. The van der Waals surface area contributed by atoms with E-state index in [9.17, 15) is 14.5 Å². The van der Waals surface area contributed by atoms with E-state index in [1.165, 1.54) is 23.1 Å². The van der Waals surface area contributed by atoms with Crippen molar-refractivity contribution in [3.63, 3.8) is 0 Å². The largest absolute Gasteiger partial charge is 0.348 e. The molecule has 0 aliphatic heterocycles. The van der Waals surface area contributed by atoms with E-state index in [-0.39, 0.29) is 23.2 Å². The molecule has 0 bridgehead atoms. The minimum atomic E-state index is -0.679. The number of nitrogens with zero attached hydrogens (tertiary/aromatic N) is 4. The third-order valence-corrected chi connectivity index (χ3v) is 2.93. The van der Waals surface area contributed by atoms with Crippen LogP contribution in [0.2, 0.25) is 5.15 Å². The summed E-state index contributed by atoms with van der Waals surface area (Å²) in [4.78, 5) is 19.3. The molecule has 0 spiro atoms. The molecule has 8 heteroatoms. The van der Waals surface area contributed by atoms with Gasteiger partial charge in [0.25, 0.3) is 0 Å². The molecule has 1 aromatic heterocycles. The van der Waals surface area contributed by atoms with Gasteiger partial charge in [0.05, 0.1) is 10.6 Å². The van der Waals surface area contributed by atoms with Crippen molar-refractivity contribution in [2.24, 2.45) is 0 Å². The number of rotatable bonds is 4. The molecule has 1 aromatic carbocycles. The Morgan fingerprint density at radius 2 is 2.10 bits per heavy atom. The molecule has 0 saturated carbocycles. The molecule has 1 heterocycles. The van der Waals surface area contributed by atoms with E-state index in [1.54, 1.807) is 13.0 Å². The van der Waals surface area contributed by atoms with Crippen molar-refractivity contribution >= 4 is 28.8 Å². The molecular weight excluding hydrogens is 287 g/mol. The SMILES string of the molecule is CCN(c1ccccc1F)c1ncnc(Cl)c1[N+](=O)[O-]. The van der Waals surface area contributed by atoms with Crippen LogP contribution < -0.4 is 4.90 Å². The number of anilines is 2. The lowest BCUT2D eigenvalue weighted by atomic mass is 10.2. The maximum absolute atomic E-state index is 13.9. The van der Waals surface area contributed by atoms with Crippen molar-refractivity contribution in [1.29, 1.82) is 0 Å². The number of nitro groups is 1. The maximum atomic E-state index is 13.9. The van der Waals surface area contributed by atoms with Gasteiger partial charge in [-0.3, -0.25) is 10.1 Å². The highest BCUT2D eigenvalue weighted by Gasteiger charge is 2.27. The van der Waals surface area contributed by atoms with Crippen LogP contribution in [-0.4, -0.2) is 21.4 Å². The van der Waals surface area contributed by atoms with Gasteiger partial charge in [-0.15, -0.1) is 0 Å². The summed E-state index contributed by atoms with van der Waals surface area (Å²) in [7, 11) is 0. The fourth-order valence-corrected chi connectivity index (χ4v) is 2.01. The van der Waals surface area contributed by atoms with Crippen molar-refractivity contribution in [2.45, 2.75) is 6.92 Å². The summed E-state index contributed by atoms with van der Waals surface area (Å²) in [5, 5.41) is 10.8. The normalized spacial score (nSPS) is 10.3. The maximum Gasteiger partial charge on any atom is 0.348 e.